The van der Waals surface area contributed by atoms with Gasteiger partial charge in [-0.15, -0.1) is 0 Å². The summed E-state index contributed by atoms with van der Waals surface area (Å²) in [6.45, 7) is 8.67. The molecule has 0 fully saturated rings. The van der Waals surface area contributed by atoms with Gasteiger partial charge in [-0.25, -0.2) is 13.2 Å². The molecule has 0 N–H and O–H groups in total. The zero-order valence-electron chi connectivity index (χ0n) is 16.7. The van der Waals surface area contributed by atoms with Gasteiger partial charge in [-0.05, 0) is 41.3 Å². The molecule has 0 aliphatic heterocycles. The maximum Gasteiger partial charge on any atom is 0.131 e. The van der Waals surface area contributed by atoms with Crippen molar-refractivity contribution in [3.05, 3.63) is 77.6 Å². The molecule has 28 heavy (non-hydrogen) atoms. The first-order valence-corrected chi connectivity index (χ1v) is 13.1. The Hall–Kier alpha value is -2.33. The lowest BCUT2D eigenvalue weighted by atomic mass is 9.97. The predicted molar refractivity (Wildman–Crippen MR) is 114 cm³/mol. The third-order valence-electron chi connectivity index (χ3n) is 5.01. The highest BCUT2D eigenvalue weighted by atomic mass is 28.3. The molecule has 0 unspecified atom stereocenters. The summed E-state index contributed by atoms with van der Waals surface area (Å²) in [5, 5.41) is 1.31. The topological polar surface area (TPSA) is 0 Å². The van der Waals surface area contributed by atoms with Crippen molar-refractivity contribution in [2.45, 2.75) is 39.4 Å². The highest BCUT2D eigenvalue weighted by Gasteiger charge is 2.17. The summed E-state index contributed by atoms with van der Waals surface area (Å²) in [5.74, 6) is -1.57. The van der Waals surface area contributed by atoms with Crippen LogP contribution in [0.2, 0.25) is 19.6 Å². The molecule has 0 nitrogen and oxygen atoms in total. The quantitative estimate of drug-likeness (QED) is 0.409. The first kappa shape index (κ1) is 20.4. The Morgan fingerprint density at radius 1 is 0.679 bits per heavy atom. The van der Waals surface area contributed by atoms with E-state index in [4.69, 9.17) is 0 Å². The van der Waals surface area contributed by atoms with Crippen LogP contribution in [0.15, 0.2) is 54.6 Å². The molecule has 0 saturated carbocycles. The molecule has 0 saturated heterocycles. The summed E-state index contributed by atoms with van der Waals surface area (Å²) in [5.41, 5.74) is 2.16. The molecule has 0 aliphatic rings. The predicted octanol–water partition coefficient (Wildman–Crippen LogP) is 6.94. The van der Waals surface area contributed by atoms with Crippen LogP contribution in [0, 0.1) is 17.5 Å². The lowest BCUT2D eigenvalue weighted by Gasteiger charge is -2.17. The lowest BCUT2D eigenvalue weighted by molar-refractivity contribution is 0.554. The number of hydrogen-bond donors (Lipinski definition) is 0. The number of halogens is 3. The smallest absolute Gasteiger partial charge is 0.131 e. The number of hydrogen-bond acceptors (Lipinski definition) is 0. The number of rotatable bonds is 5. The summed E-state index contributed by atoms with van der Waals surface area (Å²) in [7, 11) is -1.41. The molecule has 0 radical (unpaired) electrons. The van der Waals surface area contributed by atoms with Crippen molar-refractivity contribution in [2.24, 2.45) is 0 Å². The molecule has 146 valence electrons. The van der Waals surface area contributed by atoms with Gasteiger partial charge in [0.25, 0.3) is 0 Å². The molecular weight excluding hydrogens is 373 g/mol. The van der Waals surface area contributed by atoms with Crippen LogP contribution in [0.3, 0.4) is 0 Å². The van der Waals surface area contributed by atoms with Gasteiger partial charge in [0.15, 0.2) is 0 Å². The third-order valence-corrected chi connectivity index (χ3v) is 7.07. The van der Waals surface area contributed by atoms with Gasteiger partial charge in [0, 0.05) is 11.1 Å². The van der Waals surface area contributed by atoms with Crippen molar-refractivity contribution in [2.75, 3.05) is 0 Å². The lowest BCUT2D eigenvalue weighted by Crippen LogP contribution is -2.37. The summed E-state index contributed by atoms with van der Waals surface area (Å²) in [6.07, 6.45) is 1.01. The second-order valence-electron chi connectivity index (χ2n) is 8.19. The molecule has 0 heterocycles. The second kappa shape index (κ2) is 7.96. The van der Waals surface area contributed by atoms with Crippen molar-refractivity contribution >= 4 is 13.3 Å². The van der Waals surface area contributed by atoms with Crippen molar-refractivity contribution < 1.29 is 13.2 Å². The Morgan fingerprint density at radius 2 is 1.21 bits per heavy atom. The normalized spacial score (nSPS) is 11.7. The van der Waals surface area contributed by atoms with Crippen LogP contribution in [-0.2, 0) is 6.42 Å². The highest BCUT2D eigenvalue weighted by molar-refractivity contribution is 6.88. The molecule has 0 aromatic heterocycles. The van der Waals surface area contributed by atoms with Gasteiger partial charge >= 0.3 is 0 Å². The molecular formula is C24H25F3Si. The Labute approximate surface area is 166 Å². The monoisotopic (exact) mass is 398 g/mol. The van der Waals surface area contributed by atoms with Crippen LogP contribution >= 0.6 is 0 Å². The summed E-state index contributed by atoms with van der Waals surface area (Å²) < 4.78 is 43.2. The molecule has 0 amide bonds. The van der Waals surface area contributed by atoms with Crippen LogP contribution in [0.5, 0.6) is 0 Å². The van der Waals surface area contributed by atoms with Crippen LogP contribution in [-0.4, -0.2) is 8.07 Å². The van der Waals surface area contributed by atoms with Crippen LogP contribution in [0.25, 0.3) is 22.3 Å². The largest absolute Gasteiger partial charge is 0.207 e. The summed E-state index contributed by atoms with van der Waals surface area (Å²) >= 11 is 0. The number of benzene rings is 3. The molecule has 3 aromatic rings. The zero-order valence-corrected chi connectivity index (χ0v) is 17.7. The Balaban J connectivity index is 1.95. The van der Waals surface area contributed by atoms with Crippen molar-refractivity contribution in [1.29, 1.82) is 0 Å². The fourth-order valence-electron chi connectivity index (χ4n) is 3.34. The Kier molecular flexibility index (Phi) is 5.80. The third kappa shape index (κ3) is 4.22. The second-order valence-corrected chi connectivity index (χ2v) is 13.3. The van der Waals surface area contributed by atoms with Crippen LogP contribution in [0.1, 0.15) is 18.9 Å². The molecule has 0 aliphatic carbocycles. The van der Waals surface area contributed by atoms with E-state index in [0.29, 0.717) is 29.5 Å². The van der Waals surface area contributed by atoms with E-state index in [1.165, 1.54) is 23.4 Å². The fraction of sp³-hybridized carbons (Fsp3) is 0.250. The van der Waals surface area contributed by atoms with E-state index in [-0.39, 0.29) is 5.56 Å². The SMILES string of the molecule is CCCc1c(F)cc(-c2ccc(-c3ccc([Si](C)(C)C)cc3)c(F)c2)cc1F. The molecule has 0 bridgehead atoms. The van der Waals surface area contributed by atoms with Gasteiger partial charge in [0.1, 0.15) is 17.5 Å². The van der Waals surface area contributed by atoms with Gasteiger partial charge in [-0.1, -0.05) is 74.6 Å². The Bertz CT molecular complexity index is 963. The first-order valence-electron chi connectivity index (χ1n) is 9.59. The summed E-state index contributed by atoms with van der Waals surface area (Å²) in [4.78, 5) is 0. The van der Waals surface area contributed by atoms with Gasteiger partial charge in [0.05, 0.1) is 8.07 Å². The maximum atomic E-state index is 14.8. The maximum absolute atomic E-state index is 14.8. The van der Waals surface area contributed by atoms with E-state index in [1.807, 2.05) is 19.1 Å². The molecule has 3 aromatic carbocycles. The van der Waals surface area contributed by atoms with Gasteiger partial charge in [0.2, 0.25) is 0 Å². The van der Waals surface area contributed by atoms with E-state index in [9.17, 15) is 13.2 Å². The van der Waals surface area contributed by atoms with Gasteiger partial charge < -0.3 is 0 Å². The Morgan fingerprint density at radius 3 is 1.71 bits per heavy atom. The van der Waals surface area contributed by atoms with Gasteiger partial charge in [-0.3, -0.25) is 0 Å². The van der Waals surface area contributed by atoms with Crippen molar-refractivity contribution in [3.8, 4) is 22.3 Å². The molecule has 0 spiro atoms. The van der Waals surface area contributed by atoms with Crippen molar-refractivity contribution in [1.82, 2.24) is 0 Å². The fourth-order valence-corrected chi connectivity index (χ4v) is 4.50. The minimum Gasteiger partial charge on any atom is -0.207 e. The van der Waals surface area contributed by atoms with Crippen LogP contribution in [0.4, 0.5) is 13.2 Å². The average Bonchev–Trinajstić information content (AvgIpc) is 2.64. The first-order chi connectivity index (χ1) is 13.2. The van der Waals surface area contributed by atoms with Crippen molar-refractivity contribution in [3.63, 3.8) is 0 Å². The average molecular weight is 399 g/mol. The van der Waals surface area contributed by atoms with E-state index in [1.54, 1.807) is 12.1 Å². The summed E-state index contributed by atoms with van der Waals surface area (Å²) in [6, 6.07) is 15.3. The zero-order chi connectivity index (χ0) is 20.5. The molecule has 3 rings (SSSR count). The van der Waals surface area contributed by atoms with E-state index < -0.39 is 25.5 Å². The van der Waals surface area contributed by atoms with Gasteiger partial charge in [-0.2, -0.15) is 0 Å². The van der Waals surface area contributed by atoms with E-state index >= 15 is 0 Å². The van der Waals surface area contributed by atoms with E-state index in [0.717, 1.165) is 5.56 Å². The van der Waals surface area contributed by atoms with Crippen LogP contribution < -0.4 is 5.19 Å². The minimum atomic E-state index is -1.41. The molecule has 0 atom stereocenters. The van der Waals surface area contributed by atoms with E-state index in [2.05, 4.69) is 31.8 Å². The standard InChI is InChI=1S/C24H25F3Si/c1-5-6-21-23(26)14-18(15-24(21)27)17-9-12-20(22(25)13-17)16-7-10-19(11-8-16)28(2,3)4/h7-15H,5-6H2,1-4H3. The highest BCUT2D eigenvalue weighted by Crippen LogP contribution is 2.30. The molecule has 4 heteroatoms. The minimum absolute atomic E-state index is 0.0887.